The van der Waals surface area contributed by atoms with E-state index in [9.17, 15) is 0 Å². The van der Waals surface area contributed by atoms with Gasteiger partial charge in [-0.15, -0.1) is 35.7 Å². The zero-order valence-corrected chi connectivity index (χ0v) is 33.6. The molecule has 0 amide bonds. The molecular formula is C46H48N4OPt. The molecule has 0 aliphatic carbocycles. The number of pyridine rings is 1. The van der Waals surface area contributed by atoms with Crippen molar-refractivity contribution < 1.29 is 25.8 Å². The van der Waals surface area contributed by atoms with Gasteiger partial charge in [-0.2, -0.15) is 16.7 Å². The van der Waals surface area contributed by atoms with E-state index in [1.165, 1.54) is 35.8 Å². The molecule has 0 spiro atoms. The summed E-state index contributed by atoms with van der Waals surface area (Å²) >= 11 is 0. The van der Waals surface area contributed by atoms with E-state index >= 15 is 0 Å². The van der Waals surface area contributed by atoms with Crippen molar-refractivity contribution in [3.63, 3.8) is 0 Å². The molecule has 7 aromatic rings. The number of hydrogen-bond donors (Lipinski definition) is 0. The summed E-state index contributed by atoms with van der Waals surface area (Å²) in [6.07, 6.45) is 7.50. The molecule has 0 fully saturated rings. The zero-order chi connectivity index (χ0) is 35.6. The Balaban J connectivity index is 0.00000464. The summed E-state index contributed by atoms with van der Waals surface area (Å²) in [6, 6.07) is 37.3. The van der Waals surface area contributed by atoms with Gasteiger partial charge in [0.15, 0.2) is 0 Å². The Morgan fingerprint density at radius 2 is 1.62 bits per heavy atom. The van der Waals surface area contributed by atoms with Crippen LogP contribution in [0.15, 0.2) is 91.1 Å². The van der Waals surface area contributed by atoms with Crippen molar-refractivity contribution in [2.24, 2.45) is 5.92 Å². The van der Waals surface area contributed by atoms with Crippen LogP contribution >= 0.6 is 0 Å². The second kappa shape index (κ2) is 16.0. The van der Waals surface area contributed by atoms with Gasteiger partial charge >= 0.3 is 21.1 Å². The Bertz CT molecular complexity index is 2320. The van der Waals surface area contributed by atoms with E-state index in [0.29, 0.717) is 23.3 Å². The van der Waals surface area contributed by atoms with Crippen LogP contribution in [0.5, 0.6) is 11.5 Å². The van der Waals surface area contributed by atoms with Gasteiger partial charge < -0.3 is 9.30 Å². The number of hydrogen-bond acceptors (Lipinski definition) is 3. The van der Waals surface area contributed by atoms with Gasteiger partial charge in [-0.1, -0.05) is 101 Å². The van der Waals surface area contributed by atoms with E-state index in [1.54, 1.807) is 0 Å². The van der Waals surface area contributed by atoms with Gasteiger partial charge in [-0.25, -0.2) is 4.98 Å². The topological polar surface area (TPSA) is 44.9 Å². The fraction of sp³-hybridized carbons (Fsp3) is 0.304. The molecular weight excluding hydrogens is 820 g/mol. The van der Waals surface area contributed by atoms with Gasteiger partial charge in [0.1, 0.15) is 5.82 Å². The summed E-state index contributed by atoms with van der Waals surface area (Å²) in [5.41, 5.74) is 11.0. The average Bonchev–Trinajstić information content (AvgIpc) is 3.60. The molecule has 4 aromatic carbocycles. The first-order chi connectivity index (χ1) is 24.7. The smallest absolute Gasteiger partial charge is 0.509 e. The third-order valence-electron chi connectivity index (χ3n) is 10.1. The maximum Gasteiger partial charge on any atom is 2.00 e. The van der Waals surface area contributed by atoms with E-state index in [4.69, 9.17) is 14.8 Å². The first kappa shape index (κ1) is 37.3. The van der Waals surface area contributed by atoms with Crippen LogP contribution in [0.1, 0.15) is 87.4 Å². The van der Waals surface area contributed by atoms with Crippen molar-refractivity contribution in [3.8, 4) is 34.1 Å². The molecule has 3 heterocycles. The minimum absolute atomic E-state index is 0. The predicted molar refractivity (Wildman–Crippen MR) is 211 cm³/mol. The zero-order valence-electron chi connectivity index (χ0n) is 31.4. The van der Waals surface area contributed by atoms with Crippen molar-refractivity contribution in [3.05, 3.63) is 131 Å². The van der Waals surface area contributed by atoms with E-state index in [0.717, 1.165) is 68.8 Å². The molecule has 0 N–H and O–H groups in total. The number of aryl methyl sites for hydroxylation is 3. The summed E-state index contributed by atoms with van der Waals surface area (Å²) in [6.45, 7) is 15.5. The monoisotopic (exact) mass is 867 g/mol. The Morgan fingerprint density at radius 3 is 2.37 bits per heavy atom. The SMILES string of the molecule is CCCc1cc(Oc2[c-]c3c(cc2)c2cc(C(C)CC(C)CCC)ccc2n3-c2cc(C)ccn2)[c-]c(-n2nc(C)c(-c3ccccc3)c2C)c1.[Pt+2]. The largest absolute Gasteiger partial charge is 2.00 e. The predicted octanol–water partition coefficient (Wildman–Crippen LogP) is 12.2. The van der Waals surface area contributed by atoms with Crippen molar-refractivity contribution in [2.75, 3.05) is 0 Å². The standard InChI is InChI=1S/C46H48N4O.Pt/c1-8-13-30(3)23-32(5)37-17-20-43-42(27-37)41-19-18-39(29-44(41)49(43)45-24-31(4)21-22-47-45)51-40-26-35(14-9-2)25-38(28-40)50-34(7)46(33(6)48-50)36-15-11-10-12-16-36;/h10-12,15-22,24-27,30,32H,8-9,13-14,23H2,1-7H3;/q-2;+2. The molecule has 6 heteroatoms. The average molecular weight is 868 g/mol. The molecule has 0 aliphatic heterocycles. The van der Waals surface area contributed by atoms with Crippen LogP contribution in [0.2, 0.25) is 0 Å². The molecule has 0 saturated heterocycles. The fourth-order valence-electron chi connectivity index (χ4n) is 7.74. The first-order valence-corrected chi connectivity index (χ1v) is 18.5. The van der Waals surface area contributed by atoms with Crippen molar-refractivity contribution in [1.29, 1.82) is 0 Å². The quantitative estimate of drug-likeness (QED) is 0.115. The summed E-state index contributed by atoms with van der Waals surface area (Å²) in [5, 5.41) is 7.32. The van der Waals surface area contributed by atoms with E-state index in [1.807, 2.05) is 29.1 Å². The van der Waals surface area contributed by atoms with Gasteiger partial charge in [0.25, 0.3) is 0 Å². The number of ether oxygens (including phenoxy) is 1. The van der Waals surface area contributed by atoms with Crippen LogP contribution in [-0.2, 0) is 27.5 Å². The van der Waals surface area contributed by atoms with Gasteiger partial charge in [0.2, 0.25) is 0 Å². The van der Waals surface area contributed by atoms with Crippen LogP contribution in [-0.4, -0.2) is 19.3 Å². The first-order valence-electron chi connectivity index (χ1n) is 18.5. The van der Waals surface area contributed by atoms with Gasteiger partial charge in [0.05, 0.1) is 5.69 Å². The number of benzene rings is 4. The Kier molecular flexibility index (Phi) is 11.5. The third-order valence-corrected chi connectivity index (χ3v) is 10.1. The molecule has 2 unspecified atom stereocenters. The second-order valence-corrected chi connectivity index (χ2v) is 14.3. The number of rotatable bonds is 12. The molecule has 0 bridgehead atoms. The van der Waals surface area contributed by atoms with Crippen molar-refractivity contribution >= 4 is 21.8 Å². The van der Waals surface area contributed by atoms with Gasteiger partial charge in [-0.3, -0.25) is 4.68 Å². The third kappa shape index (κ3) is 7.52. The number of aromatic nitrogens is 4. The maximum absolute atomic E-state index is 6.65. The molecule has 3 aromatic heterocycles. The van der Waals surface area contributed by atoms with Gasteiger partial charge in [-0.05, 0) is 85.0 Å². The molecule has 52 heavy (non-hydrogen) atoms. The molecule has 5 nitrogen and oxygen atoms in total. The van der Waals surface area contributed by atoms with Crippen LogP contribution in [0.4, 0.5) is 0 Å². The fourth-order valence-corrected chi connectivity index (χ4v) is 7.74. The van der Waals surface area contributed by atoms with Crippen LogP contribution < -0.4 is 4.74 Å². The Labute approximate surface area is 323 Å². The minimum Gasteiger partial charge on any atom is -0.509 e. The molecule has 268 valence electrons. The maximum atomic E-state index is 6.65. The Hall–Kier alpha value is -4.47. The summed E-state index contributed by atoms with van der Waals surface area (Å²) in [5.74, 6) is 3.33. The number of fused-ring (bicyclic) bond motifs is 3. The number of nitrogens with zero attached hydrogens (tertiary/aromatic N) is 4. The summed E-state index contributed by atoms with van der Waals surface area (Å²) in [4.78, 5) is 4.82. The van der Waals surface area contributed by atoms with E-state index in [2.05, 4.69) is 132 Å². The Morgan fingerprint density at radius 1 is 0.808 bits per heavy atom. The summed E-state index contributed by atoms with van der Waals surface area (Å²) in [7, 11) is 0. The van der Waals surface area contributed by atoms with Crippen molar-refractivity contribution in [1.82, 2.24) is 19.3 Å². The van der Waals surface area contributed by atoms with Crippen LogP contribution in [0.25, 0.3) is 44.4 Å². The van der Waals surface area contributed by atoms with E-state index < -0.39 is 0 Å². The summed E-state index contributed by atoms with van der Waals surface area (Å²) < 4.78 is 10.9. The molecule has 0 saturated carbocycles. The molecule has 0 aliphatic rings. The minimum atomic E-state index is 0. The molecule has 7 rings (SSSR count). The van der Waals surface area contributed by atoms with Crippen LogP contribution in [0.3, 0.4) is 0 Å². The molecule has 2 atom stereocenters. The van der Waals surface area contributed by atoms with Crippen molar-refractivity contribution in [2.45, 2.75) is 86.5 Å². The second-order valence-electron chi connectivity index (χ2n) is 14.3. The van der Waals surface area contributed by atoms with Crippen LogP contribution in [0, 0.1) is 38.8 Å². The van der Waals surface area contributed by atoms with Gasteiger partial charge in [0, 0.05) is 34.5 Å². The molecule has 0 radical (unpaired) electrons. The normalized spacial score (nSPS) is 12.6. The van der Waals surface area contributed by atoms with E-state index in [-0.39, 0.29) is 21.1 Å².